The summed E-state index contributed by atoms with van der Waals surface area (Å²) in [6.07, 6.45) is 8.49. The summed E-state index contributed by atoms with van der Waals surface area (Å²) >= 11 is 0. The van der Waals surface area contributed by atoms with Gasteiger partial charge in [-0.15, -0.1) is 0 Å². The molecule has 0 saturated heterocycles. The van der Waals surface area contributed by atoms with Crippen molar-refractivity contribution in [3.05, 3.63) is 117 Å². The summed E-state index contributed by atoms with van der Waals surface area (Å²) < 4.78 is 18.4. The molecule has 0 radical (unpaired) electrons. The fourth-order valence-corrected chi connectivity index (χ4v) is 8.69. The van der Waals surface area contributed by atoms with Crippen molar-refractivity contribution in [3.8, 4) is 39.7 Å². The molecule has 0 aromatic heterocycles. The second-order valence-corrected chi connectivity index (χ2v) is 17.6. The Morgan fingerprint density at radius 1 is 0.653 bits per heavy atom. The Balaban J connectivity index is 0.00000338. The highest BCUT2D eigenvalue weighted by atomic mass is 16.5. The van der Waals surface area contributed by atoms with E-state index in [1.165, 1.54) is 48.5 Å². The van der Waals surface area contributed by atoms with Gasteiger partial charge in [0.15, 0.2) is 5.43 Å². The molecule has 19 nitrogen and oxygen atoms in total. The molecule has 1 aliphatic carbocycles. The number of ether oxygens (including phenoxy) is 2. The molecule has 19 heteroatoms. The predicted molar refractivity (Wildman–Crippen MR) is 282 cm³/mol. The van der Waals surface area contributed by atoms with Crippen LogP contribution in [0.4, 0.5) is 17.1 Å². The average molecular weight is 1030 g/mol. The normalized spacial score (nSPS) is 10.8. The van der Waals surface area contributed by atoms with E-state index in [1.54, 1.807) is 48.2 Å². The van der Waals surface area contributed by atoms with Crippen molar-refractivity contribution < 1.29 is 73.3 Å². The Kier molecular flexibility index (Phi) is 21.4. The van der Waals surface area contributed by atoms with E-state index in [4.69, 9.17) is 23.8 Å². The number of carboxylic acids is 4. The third kappa shape index (κ3) is 15.7. The number of aliphatic carboxylic acids is 3. The molecular weight excluding hydrogens is 971 g/mol. The largest absolute Gasteiger partial charge is 0.508 e. The minimum absolute atomic E-state index is 0.00173. The number of unbranched alkanes of at least 4 members (excludes halogenated alkanes) is 6. The Labute approximate surface area is 432 Å². The second-order valence-electron chi connectivity index (χ2n) is 17.6. The molecule has 0 spiro atoms. The Morgan fingerprint density at radius 2 is 1.25 bits per heavy atom. The number of fused-ring (bicyclic) bond motifs is 2. The van der Waals surface area contributed by atoms with E-state index in [-0.39, 0.29) is 82.6 Å². The highest BCUT2D eigenvalue weighted by Gasteiger charge is 2.26. The van der Waals surface area contributed by atoms with Crippen molar-refractivity contribution in [2.75, 3.05) is 54.5 Å². The molecule has 0 unspecified atom stereocenters. The maximum absolute atomic E-state index is 14.3. The number of phenols is 1. The summed E-state index contributed by atoms with van der Waals surface area (Å²) in [5.74, 6) is -5.07. The first-order chi connectivity index (χ1) is 36.0. The number of hydrogen-bond donors (Lipinski definition) is 7. The van der Waals surface area contributed by atoms with Gasteiger partial charge in [-0.25, -0.2) is 4.79 Å². The number of nitrogens with zero attached hydrogens (tertiary/aromatic N) is 2. The third-order valence-corrected chi connectivity index (χ3v) is 12.2. The Bertz CT molecular complexity index is 2990. The van der Waals surface area contributed by atoms with E-state index in [2.05, 4.69) is 19.2 Å². The SMILES string of the molecule is CCCCCCc1cc2c(-c3cc(C(=O)Nc4ccc(N(CC(=O)O)CC(=O)O)c(OCCOc5ccccc5N(CC)CC(=O)O)c4)ccc3C(=O)O)c3cc(CCCCCC)c(=O)cc-3oc2cc1O.O=CO. The zero-order chi connectivity index (χ0) is 54.6. The van der Waals surface area contributed by atoms with Crippen LogP contribution in [-0.4, -0.2) is 106 Å². The summed E-state index contributed by atoms with van der Waals surface area (Å²) in [6, 6.07) is 21.6. The number of anilines is 3. The molecule has 398 valence electrons. The first kappa shape index (κ1) is 57.3. The van der Waals surface area contributed by atoms with Crippen molar-refractivity contribution in [1.29, 1.82) is 0 Å². The van der Waals surface area contributed by atoms with E-state index in [0.29, 0.717) is 58.5 Å². The zero-order valence-electron chi connectivity index (χ0n) is 42.1. The first-order valence-electron chi connectivity index (χ1n) is 24.7. The minimum Gasteiger partial charge on any atom is -0.508 e. The molecule has 2 aliphatic rings. The standard InChI is InChI=1S/C55H61N3O14.CH2O2/c1-4-7-9-11-15-34-25-40-47(29-44(34)59)72-48-30-45(60)35(16-12-10-8-5-2)26-41(48)53(40)39-27-36(19-21-38(39)55(68)69)54(67)56-37-20-22-43(58(32-51(63)64)33-52(65)66)49(28-37)71-24-23-70-46-18-14-13-17-42(46)57(6-3)31-50(61)62;2-1-3/h13-14,17-22,25-30,59H,4-12,15-16,23-24,31-33H2,1-3H3,(H,56,67)(H,61,62)(H,63,64)(H,65,66)(H,68,69);1H,(H,2,3). The van der Waals surface area contributed by atoms with Gasteiger partial charge in [0.2, 0.25) is 0 Å². The second kappa shape index (κ2) is 28.0. The topological polar surface area (TPSA) is 291 Å². The number of carbonyl (C=O) groups excluding carboxylic acids is 1. The molecule has 1 amide bonds. The fraction of sp³-hybridized carbons (Fsp3) is 0.339. The van der Waals surface area contributed by atoms with Gasteiger partial charge in [-0.2, -0.15) is 0 Å². The summed E-state index contributed by atoms with van der Waals surface area (Å²) in [6.45, 7) is 4.21. The van der Waals surface area contributed by atoms with Crippen LogP contribution in [0.25, 0.3) is 33.4 Å². The molecule has 1 aliphatic heterocycles. The van der Waals surface area contributed by atoms with Crippen LogP contribution in [0.3, 0.4) is 0 Å². The van der Waals surface area contributed by atoms with Crippen LogP contribution in [0.15, 0.2) is 94.1 Å². The average Bonchev–Trinajstić information content (AvgIpc) is 3.36. The number of likely N-dealkylation sites (N-methyl/N-ethyl adjacent to an activating group) is 1. The van der Waals surface area contributed by atoms with Crippen molar-refractivity contribution in [3.63, 3.8) is 0 Å². The van der Waals surface area contributed by atoms with Gasteiger partial charge in [-0.3, -0.25) is 28.8 Å². The number of para-hydroxylation sites is 2. The molecule has 4 aromatic carbocycles. The zero-order valence-corrected chi connectivity index (χ0v) is 42.1. The van der Waals surface area contributed by atoms with Crippen LogP contribution in [0.5, 0.6) is 17.2 Å². The summed E-state index contributed by atoms with van der Waals surface area (Å²) in [4.78, 5) is 87.4. The van der Waals surface area contributed by atoms with Crippen LogP contribution in [0.1, 0.15) is 104 Å². The number of rotatable bonds is 28. The molecule has 7 N–H and O–H groups in total. The van der Waals surface area contributed by atoms with Crippen LogP contribution in [-0.2, 0) is 32.0 Å². The van der Waals surface area contributed by atoms with Crippen molar-refractivity contribution >= 4 is 64.3 Å². The lowest BCUT2D eigenvalue weighted by atomic mass is 9.87. The number of aromatic hydroxyl groups is 1. The molecule has 4 aromatic rings. The quantitative estimate of drug-likeness (QED) is 0.0137. The van der Waals surface area contributed by atoms with Gasteiger partial charge in [0.1, 0.15) is 61.4 Å². The summed E-state index contributed by atoms with van der Waals surface area (Å²) in [5, 5.41) is 60.9. The number of carboxylic acid groups (broad SMARTS) is 5. The number of hydrogen-bond acceptors (Lipinski definition) is 13. The summed E-state index contributed by atoms with van der Waals surface area (Å²) in [5.41, 5.74) is 2.80. The lowest BCUT2D eigenvalue weighted by Gasteiger charge is -2.25. The van der Waals surface area contributed by atoms with Gasteiger partial charge in [-0.1, -0.05) is 64.5 Å². The molecule has 6 rings (SSSR count). The molecule has 75 heavy (non-hydrogen) atoms. The van der Waals surface area contributed by atoms with Gasteiger partial charge < -0.3 is 59.6 Å². The predicted octanol–water partition coefficient (Wildman–Crippen LogP) is 9.51. The van der Waals surface area contributed by atoms with Gasteiger partial charge in [0.25, 0.3) is 12.4 Å². The number of nitrogens with one attached hydrogen (secondary N) is 1. The number of benzene rings is 5. The van der Waals surface area contributed by atoms with Crippen molar-refractivity contribution in [2.24, 2.45) is 0 Å². The van der Waals surface area contributed by atoms with Crippen LogP contribution in [0.2, 0.25) is 0 Å². The lowest BCUT2D eigenvalue weighted by molar-refractivity contribution is -0.137. The molecule has 0 atom stereocenters. The number of phenolic OH excluding ortho intramolecular Hbond substituents is 1. The van der Waals surface area contributed by atoms with E-state index >= 15 is 0 Å². The van der Waals surface area contributed by atoms with E-state index in [1.807, 2.05) is 0 Å². The van der Waals surface area contributed by atoms with E-state index in [0.717, 1.165) is 56.3 Å². The molecule has 0 fully saturated rings. The van der Waals surface area contributed by atoms with Crippen LogP contribution >= 0.6 is 0 Å². The molecular formula is C56H63N3O16. The van der Waals surface area contributed by atoms with E-state index < -0.39 is 42.9 Å². The van der Waals surface area contributed by atoms with E-state index in [9.17, 15) is 54.3 Å². The maximum atomic E-state index is 14.3. The van der Waals surface area contributed by atoms with Gasteiger partial charge >= 0.3 is 23.9 Å². The highest BCUT2D eigenvalue weighted by molar-refractivity contribution is 6.11. The Hall–Kier alpha value is -8.61. The first-order valence-corrected chi connectivity index (χ1v) is 24.7. The maximum Gasteiger partial charge on any atom is 0.336 e. The van der Waals surface area contributed by atoms with Crippen LogP contribution in [0, 0.1) is 0 Å². The fourth-order valence-electron chi connectivity index (χ4n) is 8.69. The monoisotopic (exact) mass is 1030 g/mol. The Morgan fingerprint density at radius 3 is 1.87 bits per heavy atom. The lowest BCUT2D eigenvalue weighted by Crippen LogP contribution is -2.34. The number of carbonyl (C=O) groups is 6. The number of aromatic carboxylic acids is 1. The number of aryl methyl sites for hydroxylation is 2. The molecule has 0 bridgehead atoms. The van der Waals surface area contributed by atoms with Crippen molar-refractivity contribution in [2.45, 2.75) is 85.0 Å². The smallest absolute Gasteiger partial charge is 0.336 e. The third-order valence-electron chi connectivity index (χ3n) is 12.2. The van der Waals surface area contributed by atoms with Gasteiger partial charge in [0, 0.05) is 58.1 Å². The molecule has 1 heterocycles. The van der Waals surface area contributed by atoms with Crippen molar-refractivity contribution in [1.82, 2.24) is 0 Å². The highest BCUT2D eigenvalue weighted by Crippen LogP contribution is 2.44. The van der Waals surface area contributed by atoms with Gasteiger partial charge in [0.05, 0.1) is 16.9 Å². The van der Waals surface area contributed by atoms with Gasteiger partial charge in [-0.05, 0) is 98.3 Å². The minimum atomic E-state index is -1.31. The molecule has 0 saturated carbocycles. The summed E-state index contributed by atoms with van der Waals surface area (Å²) in [7, 11) is 0. The van der Waals surface area contributed by atoms with Crippen LogP contribution < -0.4 is 30.0 Å². The number of amides is 1.